The van der Waals surface area contributed by atoms with Crippen LogP contribution in [-0.2, 0) is 12.7 Å². The molecule has 1 aliphatic heterocycles. The summed E-state index contributed by atoms with van der Waals surface area (Å²) in [5.74, 6) is 0.603. The van der Waals surface area contributed by atoms with Crippen molar-refractivity contribution in [3.63, 3.8) is 0 Å². The summed E-state index contributed by atoms with van der Waals surface area (Å²) in [7, 11) is 0. The average Bonchev–Trinajstić information content (AvgIpc) is 3.11. The molecule has 4 N–H and O–H groups in total. The van der Waals surface area contributed by atoms with E-state index >= 15 is 0 Å². The first-order valence-electron chi connectivity index (χ1n) is 8.75. The van der Waals surface area contributed by atoms with E-state index < -0.39 is 11.7 Å². The van der Waals surface area contributed by atoms with Gasteiger partial charge in [0.2, 0.25) is 0 Å². The van der Waals surface area contributed by atoms with E-state index in [4.69, 9.17) is 5.73 Å². The Balaban J connectivity index is 1.59. The number of hydrogen-bond acceptors (Lipinski definition) is 6. The monoisotopic (exact) mass is 405 g/mol. The maximum Gasteiger partial charge on any atom is 0.416 e. The highest BCUT2D eigenvalue weighted by molar-refractivity contribution is 7.20. The van der Waals surface area contributed by atoms with Crippen molar-refractivity contribution in [3.05, 3.63) is 52.7 Å². The third-order valence-corrected chi connectivity index (χ3v) is 5.70. The predicted octanol–water partition coefficient (Wildman–Crippen LogP) is 4.28. The molecule has 1 aromatic carbocycles. The molecule has 0 fully saturated rings. The molecule has 5 nitrogen and oxygen atoms in total. The first-order chi connectivity index (χ1) is 13.4. The number of halogens is 3. The fourth-order valence-corrected chi connectivity index (χ4v) is 4.30. The van der Waals surface area contributed by atoms with E-state index in [0.717, 1.165) is 46.7 Å². The van der Waals surface area contributed by atoms with Crippen LogP contribution in [0.2, 0.25) is 0 Å². The van der Waals surface area contributed by atoms with Crippen LogP contribution in [-0.4, -0.2) is 23.1 Å². The smallest absolute Gasteiger partial charge is 0.399 e. The summed E-state index contributed by atoms with van der Waals surface area (Å²) in [4.78, 5) is 9.74. The lowest BCUT2D eigenvalue weighted by Gasteiger charge is -2.12. The molecule has 3 aromatic rings. The second-order valence-electron chi connectivity index (χ2n) is 6.55. The number of nitrogen functional groups attached to an aromatic ring is 1. The fourth-order valence-electron chi connectivity index (χ4n) is 3.15. The number of nitrogens with one attached hydrogen (secondary N) is 2. The molecule has 0 aliphatic carbocycles. The SMILES string of the molecule is Nc1cc(CNc2ncnc3cc(C4=CCNCC4)sc23)cc(C(F)(F)F)c1. The van der Waals surface area contributed by atoms with Crippen molar-refractivity contribution in [2.75, 3.05) is 24.1 Å². The van der Waals surface area contributed by atoms with Crippen LogP contribution >= 0.6 is 11.3 Å². The lowest BCUT2D eigenvalue weighted by Crippen LogP contribution is -2.19. The number of fused-ring (bicyclic) bond motifs is 1. The van der Waals surface area contributed by atoms with E-state index in [0.29, 0.717) is 11.4 Å². The molecule has 0 atom stereocenters. The summed E-state index contributed by atoms with van der Waals surface area (Å²) in [6.45, 7) is 1.96. The van der Waals surface area contributed by atoms with Crippen molar-refractivity contribution in [2.45, 2.75) is 19.1 Å². The number of alkyl halides is 3. The molecule has 1 aliphatic rings. The van der Waals surface area contributed by atoms with Crippen molar-refractivity contribution in [1.29, 1.82) is 0 Å². The van der Waals surface area contributed by atoms with Gasteiger partial charge in [-0.3, -0.25) is 0 Å². The van der Waals surface area contributed by atoms with Crippen LogP contribution in [0, 0.1) is 0 Å². The van der Waals surface area contributed by atoms with Crippen molar-refractivity contribution < 1.29 is 13.2 Å². The number of hydrogen-bond donors (Lipinski definition) is 3. The summed E-state index contributed by atoms with van der Waals surface area (Å²) in [5.41, 5.74) is 7.50. The molecule has 146 valence electrons. The lowest BCUT2D eigenvalue weighted by molar-refractivity contribution is -0.137. The summed E-state index contributed by atoms with van der Waals surface area (Å²) in [6.07, 6.45) is 0.142. The van der Waals surface area contributed by atoms with E-state index in [1.165, 1.54) is 18.0 Å². The van der Waals surface area contributed by atoms with Crippen molar-refractivity contribution in [2.24, 2.45) is 0 Å². The molecule has 0 amide bonds. The number of benzene rings is 1. The Morgan fingerprint density at radius 3 is 2.79 bits per heavy atom. The van der Waals surface area contributed by atoms with Gasteiger partial charge in [-0.1, -0.05) is 6.08 Å². The van der Waals surface area contributed by atoms with Crippen molar-refractivity contribution >= 4 is 38.6 Å². The Hall–Kier alpha value is -2.65. The third-order valence-electron chi connectivity index (χ3n) is 4.49. The van der Waals surface area contributed by atoms with Gasteiger partial charge < -0.3 is 16.4 Å². The van der Waals surface area contributed by atoms with E-state index in [2.05, 4.69) is 26.7 Å². The molecule has 28 heavy (non-hydrogen) atoms. The maximum atomic E-state index is 13.0. The maximum absolute atomic E-state index is 13.0. The van der Waals surface area contributed by atoms with Gasteiger partial charge in [0.25, 0.3) is 0 Å². The number of nitrogens with two attached hydrogens (primary N) is 1. The highest BCUT2D eigenvalue weighted by atomic mass is 32.1. The van der Waals surface area contributed by atoms with E-state index in [9.17, 15) is 13.2 Å². The molecule has 2 aromatic heterocycles. The van der Waals surface area contributed by atoms with Crippen LogP contribution in [0.3, 0.4) is 0 Å². The molecule has 0 bridgehead atoms. The molecule has 0 spiro atoms. The predicted molar refractivity (Wildman–Crippen MR) is 106 cm³/mol. The normalized spacial score (nSPS) is 14.9. The molecule has 0 saturated carbocycles. The summed E-state index contributed by atoms with van der Waals surface area (Å²) >= 11 is 1.59. The minimum atomic E-state index is -4.43. The van der Waals surface area contributed by atoms with Gasteiger partial charge in [-0.2, -0.15) is 13.2 Å². The largest absolute Gasteiger partial charge is 0.416 e. The lowest BCUT2D eigenvalue weighted by atomic mass is 10.1. The van der Waals surface area contributed by atoms with Crippen molar-refractivity contribution in [3.8, 4) is 0 Å². The molecule has 0 unspecified atom stereocenters. The third kappa shape index (κ3) is 3.95. The Morgan fingerprint density at radius 1 is 1.18 bits per heavy atom. The highest BCUT2D eigenvalue weighted by Gasteiger charge is 2.31. The molecule has 0 radical (unpaired) electrons. The second kappa shape index (κ2) is 7.40. The molecule has 9 heteroatoms. The number of nitrogens with zero attached hydrogens (tertiary/aromatic N) is 2. The van der Waals surface area contributed by atoms with Gasteiger partial charge in [-0.15, -0.1) is 11.3 Å². The Bertz CT molecular complexity index is 1040. The molecular weight excluding hydrogens is 387 g/mol. The second-order valence-corrected chi connectivity index (χ2v) is 7.60. The van der Waals surface area contributed by atoms with Gasteiger partial charge in [0.15, 0.2) is 0 Å². The van der Waals surface area contributed by atoms with Crippen LogP contribution < -0.4 is 16.4 Å². The number of thiophene rings is 1. The Kier molecular flexibility index (Phi) is 4.94. The zero-order valence-electron chi connectivity index (χ0n) is 14.8. The summed E-state index contributed by atoms with van der Waals surface area (Å²) < 4.78 is 39.9. The van der Waals surface area contributed by atoms with E-state index in [1.807, 2.05) is 6.07 Å². The quantitative estimate of drug-likeness (QED) is 0.565. The molecule has 0 saturated heterocycles. The average molecular weight is 405 g/mol. The molecule has 4 rings (SSSR count). The minimum absolute atomic E-state index is 0.0794. The van der Waals surface area contributed by atoms with Crippen LogP contribution in [0.1, 0.15) is 22.4 Å². The molecule has 3 heterocycles. The topological polar surface area (TPSA) is 75.9 Å². The highest BCUT2D eigenvalue weighted by Crippen LogP contribution is 2.35. The van der Waals surface area contributed by atoms with Gasteiger partial charge in [-0.05, 0) is 48.4 Å². The molecular formula is C19H18F3N5S. The van der Waals surface area contributed by atoms with Gasteiger partial charge in [0.1, 0.15) is 12.1 Å². The minimum Gasteiger partial charge on any atom is -0.399 e. The first-order valence-corrected chi connectivity index (χ1v) is 9.57. The number of rotatable bonds is 4. The fraction of sp³-hybridized carbons (Fsp3) is 0.263. The zero-order chi connectivity index (χ0) is 19.7. The standard InChI is InChI=1S/C19H18F3N5S/c20-19(21,22)13-5-11(6-14(23)7-13)9-25-18-17-15(26-10-27-18)8-16(28-17)12-1-3-24-4-2-12/h1,5-8,10,24H,2-4,9,23H2,(H,25,26,27). The van der Waals surface area contributed by atoms with E-state index in [-0.39, 0.29) is 12.2 Å². The van der Waals surface area contributed by atoms with Crippen LogP contribution in [0.25, 0.3) is 15.8 Å². The van der Waals surface area contributed by atoms with E-state index in [1.54, 1.807) is 11.3 Å². The zero-order valence-corrected chi connectivity index (χ0v) is 15.6. The number of aromatic nitrogens is 2. The van der Waals surface area contributed by atoms with Crippen LogP contribution in [0.5, 0.6) is 0 Å². The summed E-state index contributed by atoms with van der Waals surface area (Å²) in [5, 5.41) is 6.42. The van der Waals surface area contributed by atoms with Gasteiger partial charge in [0.05, 0.1) is 15.8 Å². The number of anilines is 2. The first kappa shape index (κ1) is 18.7. The Labute approximate surface area is 163 Å². The summed E-state index contributed by atoms with van der Waals surface area (Å²) in [6, 6.07) is 5.60. The van der Waals surface area contributed by atoms with Gasteiger partial charge in [0, 0.05) is 23.7 Å². The van der Waals surface area contributed by atoms with Crippen LogP contribution in [0.4, 0.5) is 24.7 Å². The van der Waals surface area contributed by atoms with Gasteiger partial charge >= 0.3 is 6.18 Å². The van der Waals surface area contributed by atoms with Crippen molar-refractivity contribution in [1.82, 2.24) is 15.3 Å². The van der Waals surface area contributed by atoms with Crippen LogP contribution in [0.15, 0.2) is 36.7 Å². The van der Waals surface area contributed by atoms with Gasteiger partial charge in [-0.25, -0.2) is 9.97 Å². The Morgan fingerprint density at radius 2 is 2.04 bits per heavy atom.